The fourth-order valence-corrected chi connectivity index (χ4v) is 1.88. The fraction of sp³-hybridized carbons (Fsp3) is 0.267. The molecule has 0 saturated heterocycles. The highest BCUT2D eigenvalue weighted by atomic mass is 19.4. The van der Waals surface area contributed by atoms with Crippen molar-refractivity contribution >= 4 is 11.9 Å². The number of rotatable bonds is 5. The molecule has 0 atom stereocenters. The molecule has 0 aliphatic rings. The number of benzene rings is 1. The van der Waals surface area contributed by atoms with Crippen LogP contribution in [0.5, 0.6) is 0 Å². The molecule has 9 heteroatoms. The minimum Gasteiger partial charge on any atom is -0.355 e. The number of hydrogen-bond donors (Lipinski definition) is 2. The Morgan fingerprint density at radius 3 is 2.46 bits per heavy atom. The van der Waals surface area contributed by atoms with E-state index in [4.69, 9.17) is 0 Å². The van der Waals surface area contributed by atoms with Crippen LogP contribution in [-0.4, -0.2) is 22.4 Å². The Hall–Kier alpha value is -2.71. The maximum absolute atomic E-state index is 13.2. The zero-order chi connectivity index (χ0) is 17.7. The third-order valence-corrected chi connectivity index (χ3v) is 3.04. The summed E-state index contributed by atoms with van der Waals surface area (Å²) >= 11 is 0. The van der Waals surface area contributed by atoms with Gasteiger partial charge < -0.3 is 10.6 Å². The zero-order valence-electron chi connectivity index (χ0n) is 12.6. The van der Waals surface area contributed by atoms with E-state index < -0.39 is 23.5 Å². The summed E-state index contributed by atoms with van der Waals surface area (Å²) in [6, 6.07) is 2.56. The number of nitrogens with one attached hydrogen (secondary N) is 2. The number of nitrogens with zero attached hydrogens (tertiary/aromatic N) is 2. The van der Waals surface area contributed by atoms with Crippen LogP contribution in [0.25, 0.3) is 0 Å². The van der Waals surface area contributed by atoms with Crippen LogP contribution in [-0.2, 0) is 12.7 Å². The molecule has 1 aromatic heterocycles. The lowest BCUT2D eigenvalue weighted by Crippen LogP contribution is -2.23. The molecule has 0 bridgehead atoms. The van der Waals surface area contributed by atoms with Crippen molar-refractivity contribution in [2.45, 2.75) is 19.6 Å². The van der Waals surface area contributed by atoms with Crippen LogP contribution < -0.4 is 10.6 Å². The third-order valence-electron chi connectivity index (χ3n) is 3.04. The lowest BCUT2D eigenvalue weighted by Gasteiger charge is -2.11. The molecule has 0 aliphatic heterocycles. The van der Waals surface area contributed by atoms with Gasteiger partial charge in [-0.05, 0) is 24.6 Å². The second kappa shape index (κ2) is 7.24. The molecule has 24 heavy (non-hydrogen) atoms. The van der Waals surface area contributed by atoms with E-state index in [0.717, 1.165) is 6.07 Å². The summed E-state index contributed by atoms with van der Waals surface area (Å²) in [4.78, 5) is 19.8. The number of halogens is 4. The number of alkyl halides is 3. The normalized spacial score (nSPS) is 11.2. The van der Waals surface area contributed by atoms with Crippen LogP contribution in [0.1, 0.15) is 28.4 Å². The van der Waals surface area contributed by atoms with Crippen molar-refractivity contribution in [3.63, 3.8) is 0 Å². The lowest BCUT2D eigenvalue weighted by atomic mass is 10.1. The molecule has 5 nitrogen and oxygen atoms in total. The first kappa shape index (κ1) is 17.6. The Labute approximate surface area is 135 Å². The molecule has 0 saturated carbocycles. The topological polar surface area (TPSA) is 66.9 Å². The van der Waals surface area contributed by atoms with Crippen molar-refractivity contribution in [3.05, 3.63) is 53.1 Å². The monoisotopic (exact) mass is 342 g/mol. The summed E-state index contributed by atoms with van der Waals surface area (Å²) in [6.07, 6.45) is -2.20. The van der Waals surface area contributed by atoms with Crippen LogP contribution in [0.3, 0.4) is 0 Å². The van der Waals surface area contributed by atoms with E-state index in [1.165, 1.54) is 18.5 Å². The Morgan fingerprint density at radius 1 is 1.21 bits per heavy atom. The summed E-state index contributed by atoms with van der Waals surface area (Å²) in [5.74, 6) is -1.54. The van der Waals surface area contributed by atoms with Crippen molar-refractivity contribution in [1.29, 1.82) is 0 Å². The Kier molecular flexibility index (Phi) is 5.32. The maximum atomic E-state index is 13.2. The fourth-order valence-electron chi connectivity index (χ4n) is 1.88. The van der Waals surface area contributed by atoms with Crippen LogP contribution in [0.15, 0.2) is 30.6 Å². The standard InChI is InChI=1S/C15H14F4N4O/c1-2-20-14-22-7-10(8-23-14)13(24)21-6-9-3-4-12(16)11(5-9)15(17,18)19/h3-5,7-8H,2,6H2,1H3,(H,21,24)(H,20,22,23). The van der Waals surface area contributed by atoms with Crippen LogP contribution in [0, 0.1) is 5.82 Å². The second-order valence-corrected chi connectivity index (χ2v) is 4.82. The quantitative estimate of drug-likeness (QED) is 0.820. The van der Waals surface area contributed by atoms with E-state index in [-0.39, 0.29) is 17.7 Å². The van der Waals surface area contributed by atoms with Crippen LogP contribution >= 0.6 is 0 Å². The van der Waals surface area contributed by atoms with Gasteiger partial charge in [0.05, 0.1) is 11.1 Å². The molecule has 0 fully saturated rings. The molecule has 1 aromatic carbocycles. The molecule has 2 rings (SSSR count). The van der Waals surface area contributed by atoms with Crippen molar-refractivity contribution < 1.29 is 22.4 Å². The van der Waals surface area contributed by atoms with Crippen molar-refractivity contribution in [2.24, 2.45) is 0 Å². The van der Waals surface area contributed by atoms with E-state index in [9.17, 15) is 22.4 Å². The number of amides is 1. The van der Waals surface area contributed by atoms with E-state index in [1.54, 1.807) is 0 Å². The minimum absolute atomic E-state index is 0.127. The highest BCUT2D eigenvalue weighted by Crippen LogP contribution is 2.31. The maximum Gasteiger partial charge on any atom is 0.419 e. The predicted octanol–water partition coefficient (Wildman–Crippen LogP) is 3.00. The SMILES string of the molecule is CCNc1ncc(C(=O)NCc2ccc(F)c(C(F)(F)F)c2)cn1. The summed E-state index contributed by atoms with van der Waals surface area (Å²) in [5, 5.41) is 5.30. The van der Waals surface area contributed by atoms with Gasteiger partial charge in [-0.25, -0.2) is 14.4 Å². The number of anilines is 1. The van der Waals surface area contributed by atoms with Gasteiger partial charge in [-0.1, -0.05) is 6.07 Å². The van der Waals surface area contributed by atoms with Gasteiger partial charge >= 0.3 is 6.18 Å². The van der Waals surface area contributed by atoms with Gasteiger partial charge in [0.2, 0.25) is 5.95 Å². The number of carbonyl (C=O) groups is 1. The number of carbonyl (C=O) groups excluding carboxylic acids is 1. The Balaban J connectivity index is 2.04. The Morgan fingerprint density at radius 2 is 1.88 bits per heavy atom. The summed E-state index contributed by atoms with van der Waals surface area (Å²) in [6.45, 7) is 2.30. The van der Waals surface area contributed by atoms with Crippen molar-refractivity contribution in [1.82, 2.24) is 15.3 Å². The van der Waals surface area contributed by atoms with Gasteiger partial charge in [0.15, 0.2) is 0 Å². The van der Waals surface area contributed by atoms with E-state index >= 15 is 0 Å². The minimum atomic E-state index is -4.79. The lowest BCUT2D eigenvalue weighted by molar-refractivity contribution is -0.140. The molecule has 128 valence electrons. The average molecular weight is 342 g/mol. The molecular weight excluding hydrogens is 328 g/mol. The predicted molar refractivity (Wildman–Crippen MR) is 78.8 cm³/mol. The first-order valence-electron chi connectivity index (χ1n) is 7.01. The highest BCUT2D eigenvalue weighted by molar-refractivity contribution is 5.93. The largest absolute Gasteiger partial charge is 0.419 e. The van der Waals surface area contributed by atoms with Gasteiger partial charge in [-0.3, -0.25) is 4.79 Å². The molecular formula is C15H14F4N4O. The highest BCUT2D eigenvalue weighted by Gasteiger charge is 2.34. The van der Waals surface area contributed by atoms with Gasteiger partial charge in [-0.2, -0.15) is 13.2 Å². The van der Waals surface area contributed by atoms with Crippen LogP contribution in [0.4, 0.5) is 23.5 Å². The van der Waals surface area contributed by atoms with E-state index in [2.05, 4.69) is 20.6 Å². The Bertz CT molecular complexity index is 716. The van der Waals surface area contributed by atoms with Crippen LogP contribution in [0.2, 0.25) is 0 Å². The first-order valence-corrected chi connectivity index (χ1v) is 7.01. The van der Waals surface area contributed by atoms with E-state index in [0.29, 0.717) is 18.6 Å². The van der Waals surface area contributed by atoms with Gasteiger partial charge in [0, 0.05) is 25.5 Å². The number of aromatic nitrogens is 2. The molecule has 0 unspecified atom stereocenters. The first-order chi connectivity index (χ1) is 11.3. The summed E-state index contributed by atoms with van der Waals surface area (Å²) in [7, 11) is 0. The molecule has 0 aliphatic carbocycles. The second-order valence-electron chi connectivity index (χ2n) is 4.82. The molecule has 2 aromatic rings. The molecule has 2 N–H and O–H groups in total. The molecule has 1 amide bonds. The third kappa shape index (κ3) is 4.40. The summed E-state index contributed by atoms with van der Waals surface area (Å²) < 4.78 is 51.1. The summed E-state index contributed by atoms with van der Waals surface area (Å²) in [5.41, 5.74) is -1.08. The van der Waals surface area contributed by atoms with Gasteiger partial charge in [0.1, 0.15) is 5.82 Å². The molecule has 1 heterocycles. The van der Waals surface area contributed by atoms with Gasteiger partial charge in [-0.15, -0.1) is 0 Å². The zero-order valence-corrected chi connectivity index (χ0v) is 12.6. The van der Waals surface area contributed by atoms with Crippen molar-refractivity contribution in [2.75, 3.05) is 11.9 Å². The van der Waals surface area contributed by atoms with Gasteiger partial charge in [0.25, 0.3) is 5.91 Å². The molecule has 0 spiro atoms. The molecule has 0 radical (unpaired) electrons. The van der Waals surface area contributed by atoms with E-state index in [1.807, 2.05) is 6.92 Å². The average Bonchev–Trinajstić information content (AvgIpc) is 2.53. The van der Waals surface area contributed by atoms with Crippen molar-refractivity contribution in [3.8, 4) is 0 Å². The number of hydrogen-bond acceptors (Lipinski definition) is 4. The smallest absolute Gasteiger partial charge is 0.355 e.